The highest BCUT2D eigenvalue weighted by atomic mass is 35.5. The Balaban J connectivity index is 1.65. The van der Waals surface area contributed by atoms with Crippen LogP contribution in [0.25, 0.3) is 6.08 Å². The second-order valence-corrected chi connectivity index (χ2v) is 7.07. The average molecular weight is 441 g/mol. The largest absolute Gasteiger partial charge is 0.489 e. The fourth-order valence-electron chi connectivity index (χ4n) is 2.51. The molecule has 1 N–H and O–H groups in total. The number of nitrogens with one attached hydrogen (secondary N) is 1. The maximum Gasteiger partial charge on any atom is 0.266 e. The van der Waals surface area contributed by atoms with Crippen molar-refractivity contribution in [1.29, 1.82) is 5.26 Å². The minimum atomic E-state index is -0.582. The van der Waals surface area contributed by atoms with Crippen molar-refractivity contribution in [3.8, 4) is 11.8 Å². The number of anilines is 1. The number of halogens is 3. The lowest BCUT2D eigenvalue weighted by atomic mass is 10.1. The van der Waals surface area contributed by atoms with Crippen LogP contribution in [-0.4, -0.2) is 5.91 Å². The number of rotatable bonds is 6. The molecule has 7 heteroatoms. The van der Waals surface area contributed by atoms with Crippen molar-refractivity contribution in [2.24, 2.45) is 0 Å². The van der Waals surface area contributed by atoms with E-state index in [1.165, 1.54) is 30.3 Å². The van der Waals surface area contributed by atoms with Crippen molar-refractivity contribution in [3.63, 3.8) is 0 Å². The zero-order valence-corrected chi connectivity index (χ0v) is 17.0. The molecule has 0 aliphatic rings. The van der Waals surface area contributed by atoms with Crippen molar-refractivity contribution >= 4 is 40.9 Å². The number of amides is 1. The lowest BCUT2D eigenvalue weighted by Gasteiger charge is -2.08. The summed E-state index contributed by atoms with van der Waals surface area (Å²) in [6.07, 6.45) is 1.46. The van der Waals surface area contributed by atoms with Gasteiger partial charge in [-0.15, -0.1) is 0 Å². The van der Waals surface area contributed by atoms with Gasteiger partial charge in [-0.25, -0.2) is 4.39 Å². The molecule has 3 rings (SSSR count). The summed E-state index contributed by atoms with van der Waals surface area (Å²) in [5, 5.41) is 12.9. The standard InChI is InChI=1S/C23H15Cl2FN2O2/c24-18-4-3-16(22(25)12-18)14-30-21-9-1-15(2-10-21)11-17(13-27)23(29)28-20-7-5-19(26)6-8-20/h1-12H,14H2,(H,28,29)/b17-11-. The molecule has 0 bridgehead atoms. The third kappa shape index (κ3) is 5.84. The number of carbonyl (C=O) groups excluding carboxylic acids is 1. The SMILES string of the molecule is N#C/C(=C/c1ccc(OCc2ccc(Cl)cc2Cl)cc1)C(=O)Nc1ccc(F)cc1. The second-order valence-electron chi connectivity index (χ2n) is 6.22. The fraction of sp³-hybridized carbons (Fsp3) is 0.0435. The van der Waals surface area contributed by atoms with Gasteiger partial charge >= 0.3 is 0 Å². The van der Waals surface area contributed by atoms with Crippen LogP contribution in [0, 0.1) is 17.1 Å². The van der Waals surface area contributed by atoms with Crippen LogP contribution in [0.3, 0.4) is 0 Å². The molecule has 0 spiro atoms. The summed E-state index contributed by atoms with van der Waals surface area (Å²) >= 11 is 12.0. The lowest BCUT2D eigenvalue weighted by molar-refractivity contribution is -0.112. The zero-order valence-electron chi connectivity index (χ0n) is 15.5. The van der Waals surface area contributed by atoms with Gasteiger partial charge in [0.15, 0.2) is 0 Å². The van der Waals surface area contributed by atoms with Gasteiger partial charge < -0.3 is 10.1 Å². The number of ether oxygens (including phenoxy) is 1. The highest BCUT2D eigenvalue weighted by molar-refractivity contribution is 6.35. The highest BCUT2D eigenvalue weighted by Crippen LogP contribution is 2.23. The topological polar surface area (TPSA) is 62.1 Å². The molecule has 0 aliphatic heterocycles. The van der Waals surface area contributed by atoms with Gasteiger partial charge in [0.25, 0.3) is 5.91 Å². The van der Waals surface area contributed by atoms with Crippen LogP contribution in [0.15, 0.2) is 72.3 Å². The lowest BCUT2D eigenvalue weighted by Crippen LogP contribution is -2.13. The molecule has 0 saturated carbocycles. The number of nitriles is 1. The van der Waals surface area contributed by atoms with E-state index in [2.05, 4.69) is 5.32 Å². The van der Waals surface area contributed by atoms with E-state index >= 15 is 0 Å². The van der Waals surface area contributed by atoms with Crippen molar-refractivity contribution in [2.45, 2.75) is 6.61 Å². The van der Waals surface area contributed by atoms with Crippen molar-refractivity contribution < 1.29 is 13.9 Å². The van der Waals surface area contributed by atoms with Gasteiger partial charge in [-0.05, 0) is 60.2 Å². The highest BCUT2D eigenvalue weighted by Gasteiger charge is 2.10. The molecule has 0 heterocycles. The minimum Gasteiger partial charge on any atom is -0.489 e. The van der Waals surface area contributed by atoms with Crippen LogP contribution >= 0.6 is 23.2 Å². The Morgan fingerprint density at radius 1 is 1.07 bits per heavy atom. The molecule has 0 saturated heterocycles. The van der Waals surface area contributed by atoms with E-state index in [9.17, 15) is 14.4 Å². The Kier molecular flexibility index (Phi) is 7.08. The quantitative estimate of drug-likeness (QED) is 0.363. The van der Waals surface area contributed by atoms with E-state index in [0.717, 1.165) is 5.56 Å². The van der Waals surface area contributed by atoms with Gasteiger partial charge in [0.05, 0.1) is 0 Å². The summed E-state index contributed by atoms with van der Waals surface area (Å²) in [6, 6.07) is 19.2. The van der Waals surface area contributed by atoms with Gasteiger partial charge in [-0.1, -0.05) is 41.4 Å². The number of benzene rings is 3. The Morgan fingerprint density at radius 3 is 2.40 bits per heavy atom. The average Bonchev–Trinajstić information content (AvgIpc) is 2.74. The Morgan fingerprint density at radius 2 is 1.77 bits per heavy atom. The van der Waals surface area contributed by atoms with Crippen molar-refractivity contribution in [3.05, 3.63) is 99.3 Å². The number of hydrogen-bond donors (Lipinski definition) is 1. The van der Waals surface area contributed by atoms with E-state index < -0.39 is 11.7 Å². The van der Waals surface area contributed by atoms with Gasteiger partial charge in [0.1, 0.15) is 29.8 Å². The number of carbonyl (C=O) groups is 1. The number of nitrogens with zero attached hydrogens (tertiary/aromatic N) is 1. The second kappa shape index (κ2) is 9.93. The molecule has 0 fully saturated rings. The molecule has 3 aromatic carbocycles. The molecule has 150 valence electrons. The molecule has 4 nitrogen and oxygen atoms in total. The predicted octanol–water partition coefficient (Wildman–Crippen LogP) is 6.26. The summed E-state index contributed by atoms with van der Waals surface area (Å²) in [4.78, 5) is 12.3. The van der Waals surface area contributed by atoms with Crippen molar-refractivity contribution in [1.82, 2.24) is 0 Å². The maximum atomic E-state index is 13.0. The number of hydrogen-bond acceptors (Lipinski definition) is 3. The molecule has 0 unspecified atom stereocenters. The van der Waals surface area contributed by atoms with Crippen LogP contribution in [0.4, 0.5) is 10.1 Å². The summed E-state index contributed by atoms with van der Waals surface area (Å²) in [6.45, 7) is 0.273. The van der Waals surface area contributed by atoms with Crippen LogP contribution < -0.4 is 10.1 Å². The fourth-order valence-corrected chi connectivity index (χ4v) is 2.97. The van der Waals surface area contributed by atoms with E-state index in [1.54, 1.807) is 42.5 Å². The van der Waals surface area contributed by atoms with Crippen LogP contribution in [-0.2, 0) is 11.4 Å². The Labute approximate surface area is 183 Å². The molecule has 0 aromatic heterocycles. The van der Waals surface area contributed by atoms with Crippen LogP contribution in [0.1, 0.15) is 11.1 Å². The first-order valence-corrected chi connectivity index (χ1v) is 9.56. The molecule has 1 amide bonds. The van der Waals surface area contributed by atoms with Gasteiger partial charge in [-0.2, -0.15) is 5.26 Å². The third-order valence-corrected chi connectivity index (χ3v) is 4.65. The first-order valence-electron chi connectivity index (χ1n) is 8.80. The van der Waals surface area contributed by atoms with E-state index in [1.807, 2.05) is 6.07 Å². The third-order valence-electron chi connectivity index (χ3n) is 4.07. The van der Waals surface area contributed by atoms with Crippen molar-refractivity contribution in [2.75, 3.05) is 5.32 Å². The molecular weight excluding hydrogens is 426 g/mol. The Hall–Kier alpha value is -3.33. The molecule has 0 radical (unpaired) electrons. The molecular formula is C23H15Cl2FN2O2. The van der Waals surface area contributed by atoms with E-state index in [-0.39, 0.29) is 12.2 Å². The van der Waals surface area contributed by atoms with Gasteiger partial charge in [-0.3, -0.25) is 4.79 Å². The van der Waals surface area contributed by atoms with E-state index in [0.29, 0.717) is 27.0 Å². The van der Waals surface area contributed by atoms with E-state index in [4.69, 9.17) is 27.9 Å². The normalized spacial score (nSPS) is 10.9. The summed E-state index contributed by atoms with van der Waals surface area (Å²) < 4.78 is 18.7. The summed E-state index contributed by atoms with van der Waals surface area (Å²) in [5.74, 6) is -0.390. The molecule has 30 heavy (non-hydrogen) atoms. The van der Waals surface area contributed by atoms with Gasteiger partial charge in [0.2, 0.25) is 0 Å². The molecule has 3 aromatic rings. The summed E-state index contributed by atoms with van der Waals surface area (Å²) in [5.41, 5.74) is 1.76. The predicted molar refractivity (Wildman–Crippen MR) is 116 cm³/mol. The monoisotopic (exact) mass is 440 g/mol. The molecule has 0 atom stereocenters. The first kappa shape index (κ1) is 21.4. The zero-order chi connectivity index (χ0) is 21.5. The van der Waals surface area contributed by atoms with Gasteiger partial charge in [0, 0.05) is 21.3 Å². The molecule has 0 aliphatic carbocycles. The smallest absolute Gasteiger partial charge is 0.266 e. The Bertz CT molecular complexity index is 1120. The minimum absolute atomic E-state index is 0.0825. The van der Waals surface area contributed by atoms with Crippen LogP contribution in [0.2, 0.25) is 10.0 Å². The first-order chi connectivity index (χ1) is 14.4. The maximum absolute atomic E-state index is 13.0. The summed E-state index contributed by atoms with van der Waals surface area (Å²) in [7, 11) is 0. The van der Waals surface area contributed by atoms with Crippen LogP contribution in [0.5, 0.6) is 5.75 Å².